The van der Waals surface area contributed by atoms with Gasteiger partial charge in [0.15, 0.2) is 0 Å². The molecule has 1 aromatic carbocycles. The van der Waals surface area contributed by atoms with Gasteiger partial charge in [0.2, 0.25) is 0 Å². The maximum absolute atomic E-state index is 13.0. The molecule has 1 aromatic rings. The van der Waals surface area contributed by atoms with E-state index in [0.29, 0.717) is 18.4 Å². The zero-order valence-corrected chi connectivity index (χ0v) is 9.95. The molecule has 17 heavy (non-hydrogen) atoms. The van der Waals surface area contributed by atoms with Crippen LogP contribution in [0.5, 0.6) is 0 Å². The van der Waals surface area contributed by atoms with Crippen LogP contribution < -0.4 is 0 Å². The Bertz CT molecular complexity index is 412. The zero-order valence-electron chi connectivity index (χ0n) is 9.95. The Balaban J connectivity index is 2.73. The highest BCUT2D eigenvalue weighted by Crippen LogP contribution is 2.19. The summed E-state index contributed by atoms with van der Waals surface area (Å²) in [6.07, 6.45) is 1.56. The molecule has 1 atom stereocenters. The molecular weight excluding hydrogens is 219 g/mol. The van der Waals surface area contributed by atoms with E-state index in [4.69, 9.17) is 5.11 Å². The summed E-state index contributed by atoms with van der Waals surface area (Å²) in [6.45, 7) is 5.76. The summed E-state index contributed by atoms with van der Waals surface area (Å²) in [6, 6.07) is 6.07. The molecule has 1 N–H and O–H groups in total. The highest BCUT2D eigenvalue weighted by molar-refractivity contribution is 5.70. The molecule has 0 bridgehead atoms. The van der Waals surface area contributed by atoms with E-state index in [1.165, 1.54) is 12.1 Å². The van der Waals surface area contributed by atoms with Crippen molar-refractivity contribution in [2.24, 2.45) is 5.92 Å². The van der Waals surface area contributed by atoms with Gasteiger partial charge in [-0.25, -0.2) is 4.39 Å². The molecule has 0 aromatic heterocycles. The Hall–Kier alpha value is -1.64. The Morgan fingerprint density at radius 2 is 2.24 bits per heavy atom. The first kappa shape index (κ1) is 13.4. The first-order valence-corrected chi connectivity index (χ1v) is 5.66. The van der Waals surface area contributed by atoms with Gasteiger partial charge < -0.3 is 5.11 Å². The van der Waals surface area contributed by atoms with Gasteiger partial charge in [0.05, 0.1) is 5.92 Å². The lowest BCUT2D eigenvalue weighted by Crippen LogP contribution is -2.17. The van der Waals surface area contributed by atoms with Crippen molar-refractivity contribution < 1.29 is 14.3 Å². The Kier molecular flexibility index (Phi) is 4.88. The van der Waals surface area contributed by atoms with Gasteiger partial charge in [-0.1, -0.05) is 31.2 Å². The predicted molar refractivity (Wildman–Crippen MR) is 65.3 cm³/mol. The molecule has 0 heterocycles. The molecule has 0 aliphatic heterocycles. The number of rotatable bonds is 6. The number of carbonyl (C=O) groups is 1. The molecule has 0 amide bonds. The number of carboxylic acids is 1. The number of carboxylic acid groups (broad SMARTS) is 1. The van der Waals surface area contributed by atoms with E-state index in [-0.39, 0.29) is 5.82 Å². The molecule has 0 aliphatic carbocycles. The van der Waals surface area contributed by atoms with Gasteiger partial charge in [-0.05, 0) is 37.0 Å². The molecule has 0 spiro atoms. The van der Waals surface area contributed by atoms with Crippen molar-refractivity contribution in [1.82, 2.24) is 0 Å². The fourth-order valence-corrected chi connectivity index (χ4v) is 1.69. The second kappa shape index (κ2) is 6.18. The molecule has 0 saturated carbocycles. The lowest BCUT2D eigenvalue weighted by molar-refractivity contribution is -0.141. The quantitative estimate of drug-likeness (QED) is 0.768. The van der Waals surface area contributed by atoms with Crippen LogP contribution in [0.3, 0.4) is 0 Å². The number of hydrogen-bond donors (Lipinski definition) is 1. The van der Waals surface area contributed by atoms with Crippen LogP contribution in [0, 0.1) is 11.7 Å². The highest BCUT2D eigenvalue weighted by Gasteiger charge is 2.18. The molecule has 2 nitrogen and oxygen atoms in total. The summed E-state index contributed by atoms with van der Waals surface area (Å²) in [7, 11) is 0. The second-order valence-electron chi connectivity index (χ2n) is 4.18. The summed E-state index contributed by atoms with van der Waals surface area (Å²) < 4.78 is 13.0. The molecule has 1 rings (SSSR count). The Morgan fingerprint density at radius 1 is 1.53 bits per heavy atom. The van der Waals surface area contributed by atoms with Gasteiger partial charge in [0.1, 0.15) is 5.82 Å². The van der Waals surface area contributed by atoms with Gasteiger partial charge in [0.25, 0.3) is 0 Å². The average Bonchev–Trinajstić information content (AvgIpc) is 2.27. The van der Waals surface area contributed by atoms with Crippen molar-refractivity contribution in [2.45, 2.75) is 26.2 Å². The van der Waals surface area contributed by atoms with Crippen molar-refractivity contribution in [3.8, 4) is 0 Å². The van der Waals surface area contributed by atoms with Crippen LogP contribution >= 0.6 is 0 Å². The maximum atomic E-state index is 13.0. The van der Waals surface area contributed by atoms with E-state index >= 15 is 0 Å². The lowest BCUT2D eigenvalue weighted by atomic mass is 9.92. The molecule has 92 valence electrons. The summed E-state index contributed by atoms with van der Waals surface area (Å²) in [5.41, 5.74) is 1.62. The van der Waals surface area contributed by atoms with Crippen molar-refractivity contribution in [1.29, 1.82) is 0 Å². The van der Waals surface area contributed by atoms with Crippen LogP contribution in [-0.2, 0) is 11.2 Å². The molecule has 0 aliphatic rings. The topological polar surface area (TPSA) is 37.3 Å². The van der Waals surface area contributed by atoms with Crippen LogP contribution in [0.4, 0.5) is 4.39 Å². The predicted octanol–water partition coefficient (Wildman–Crippen LogP) is 3.43. The number of halogens is 1. The van der Waals surface area contributed by atoms with Crippen LogP contribution in [0.1, 0.15) is 25.3 Å². The third-order valence-corrected chi connectivity index (χ3v) is 2.76. The monoisotopic (exact) mass is 236 g/mol. The molecule has 0 radical (unpaired) electrons. The summed E-state index contributed by atoms with van der Waals surface area (Å²) in [5.74, 6) is -1.71. The van der Waals surface area contributed by atoms with E-state index in [9.17, 15) is 9.18 Å². The summed E-state index contributed by atoms with van der Waals surface area (Å²) >= 11 is 0. The first-order chi connectivity index (χ1) is 8.02. The zero-order chi connectivity index (χ0) is 12.8. The van der Waals surface area contributed by atoms with Crippen LogP contribution in [0.2, 0.25) is 0 Å². The maximum Gasteiger partial charge on any atom is 0.307 e. The minimum atomic E-state index is -0.858. The van der Waals surface area contributed by atoms with Gasteiger partial charge in [-0.3, -0.25) is 4.79 Å². The number of benzene rings is 1. The SMILES string of the molecule is C=C(CC)CC(Cc1cccc(F)c1)C(=O)O. The minimum absolute atomic E-state index is 0.332. The standard InChI is InChI=1S/C14H17FO2/c1-3-10(2)7-12(14(16)17)8-11-5-4-6-13(15)9-11/h4-6,9,12H,2-3,7-8H2,1H3,(H,16,17). The van der Waals surface area contributed by atoms with Crippen molar-refractivity contribution in [2.75, 3.05) is 0 Å². The third-order valence-electron chi connectivity index (χ3n) is 2.76. The van der Waals surface area contributed by atoms with Crippen LogP contribution in [0.25, 0.3) is 0 Å². The highest BCUT2D eigenvalue weighted by atomic mass is 19.1. The van der Waals surface area contributed by atoms with E-state index in [0.717, 1.165) is 12.0 Å². The van der Waals surface area contributed by atoms with Gasteiger partial charge in [-0.2, -0.15) is 0 Å². The number of hydrogen-bond acceptors (Lipinski definition) is 1. The minimum Gasteiger partial charge on any atom is -0.481 e. The largest absolute Gasteiger partial charge is 0.481 e. The summed E-state index contributed by atoms with van der Waals surface area (Å²) in [4.78, 5) is 11.1. The van der Waals surface area contributed by atoms with Gasteiger partial charge in [-0.15, -0.1) is 0 Å². The molecule has 1 unspecified atom stereocenters. The third kappa shape index (κ3) is 4.39. The molecule has 0 saturated heterocycles. The molecule has 3 heteroatoms. The average molecular weight is 236 g/mol. The van der Waals surface area contributed by atoms with Crippen molar-refractivity contribution in [3.05, 3.63) is 47.8 Å². The van der Waals surface area contributed by atoms with Crippen LogP contribution in [-0.4, -0.2) is 11.1 Å². The van der Waals surface area contributed by atoms with E-state index < -0.39 is 11.9 Å². The Labute approximate surface area is 101 Å². The van der Waals surface area contributed by atoms with Gasteiger partial charge >= 0.3 is 5.97 Å². The Morgan fingerprint density at radius 3 is 2.76 bits per heavy atom. The smallest absolute Gasteiger partial charge is 0.307 e. The fourth-order valence-electron chi connectivity index (χ4n) is 1.69. The first-order valence-electron chi connectivity index (χ1n) is 5.66. The van der Waals surface area contributed by atoms with E-state index in [1.807, 2.05) is 6.92 Å². The number of allylic oxidation sites excluding steroid dienone is 1. The normalized spacial score (nSPS) is 12.1. The van der Waals surface area contributed by atoms with Gasteiger partial charge in [0, 0.05) is 0 Å². The molecule has 0 fully saturated rings. The molecular formula is C14H17FO2. The fraction of sp³-hybridized carbons (Fsp3) is 0.357. The van der Waals surface area contributed by atoms with E-state index in [2.05, 4.69) is 6.58 Å². The van der Waals surface area contributed by atoms with Crippen molar-refractivity contribution in [3.63, 3.8) is 0 Å². The number of aliphatic carboxylic acids is 1. The van der Waals surface area contributed by atoms with Crippen LogP contribution in [0.15, 0.2) is 36.4 Å². The summed E-state index contributed by atoms with van der Waals surface area (Å²) in [5, 5.41) is 9.11. The lowest BCUT2D eigenvalue weighted by Gasteiger charge is -2.13. The van der Waals surface area contributed by atoms with Crippen molar-refractivity contribution >= 4 is 5.97 Å². The van der Waals surface area contributed by atoms with E-state index in [1.54, 1.807) is 12.1 Å². The second-order valence-corrected chi connectivity index (χ2v) is 4.18.